The predicted octanol–water partition coefficient (Wildman–Crippen LogP) is -0.0441. The number of allylic oxidation sites excluding steroid dienone is 2. The first kappa shape index (κ1) is 10.1. The lowest BCUT2D eigenvalue weighted by Gasteiger charge is -2.11. The summed E-state index contributed by atoms with van der Waals surface area (Å²) in [5.41, 5.74) is 5.32. The van der Waals surface area contributed by atoms with Gasteiger partial charge in [-0.05, 0) is 5.37 Å². The molecule has 2 unspecified atom stereocenters. The predicted molar refractivity (Wildman–Crippen MR) is 52.9 cm³/mol. The van der Waals surface area contributed by atoms with Crippen LogP contribution in [0.3, 0.4) is 0 Å². The van der Waals surface area contributed by atoms with Crippen LogP contribution in [0.2, 0.25) is 0 Å². The fourth-order valence-corrected chi connectivity index (χ4v) is 2.50. The van der Waals surface area contributed by atoms with Crippen LogP contribution in [0, 0.1) is 0 Å². The maximum absolute atomic E-state index is 11.2. The molecule has 0 bridgehead atoms. The number of hydrogen-bond acceptors (Lipinski definition) is 3. The van der Waals surface area contributed by atoms with Crippen molar-refractivity contribution in [2.24, 2.45) is 5.73 Å². The Morgan fingerprint density at radius 2 is 2.46 bits per heavy atom. The third-order valence-corrected chi connectivity index (χ3v) is 3.59. The van der Waals surface area contributed by atoms with Gasteiger partial charge < -0.3 is 10.8 Å². The van der Waals surface area contributed by atoms with Crippen LogP contribution in [0.1, 0.15) is 6.42 Å². The summed E-state index contributed by atoms with van der Waals surface area (Å²) in [5, 5.41) is 10.3. The highest BCUT2D eigenvalue weighted by Gasteiger charge is 2.17. The highest BCUT2D eigenvalue weighted by atomic mass is 32.2. The van der Waals surface area contributed by atoms with E-state index in [4.69, 9.17) is 10.8 Å². The zero-order chi connectivity index (χ0) is 9.84. The molecule has 1 heterocycles. The Kier molecular flexibility index (Phi) is 3.39. The number of hydrogen-bond donors (Lipinski definition) is 2. The van der Waals surface area contributed by atoms with Crippen LogP contribution in [-0.2, 0) is 9.59 Å². The Labute approximate surface area is 78.4 Å². The summed E-state index contributed by atoms with van der Waals surface area (Å²) in [6.45, 7) is 0. The topological polar surface area (TPSA) is 80.4 Å². The Bertz CT molecular complexity index is 296. The normalized spacial score (nSPS) is 23.8. The average Bonchev–Trinajstić information content (AvgIpc) is 2.08. The third kappa shape index (κ3) is 2.78. The third-order valence-electron chi connectivity index (χ3n) is 1.63. The SMILES string of the molecule is NC(CS1=CC=CCC1=O)C(=O)O. The summed E-state index contributed by atoms with van der Waals surface area (Å²) in [5.74, 6) is -0.832. The summed E-state index contributed by atoms with van der Waals surface area (Å²) in [6, 6.07) is -0.935. The lowest BCUT2D eigenvalue weighted by Crippen LogP contribution is -2.33. The second-order valence-corrected chi connectivity index (χ2v) is 4.60. The minimum Gasteiger partial charge on any atom is -0.480 e. The van der Waals surface area contributed by atoms with Gasteiger partial charge in [0.25, 0.3) is 0 Å². The number of carbonyl (C=O) groups is 2. The molecule has 0 aliphatic carbocycles. The number of carbonyl (C=O) groups excluding carboxylic acids is 1. The molecule has 13 heavy (non-hydrogen) atoms. The molecule has 0 radical (unpaired) electrons. The van der Waals surface area contributed by atoms with E-state index in [0.717, 1.165) is 0 Å². The van der Waals surface area contributed by atoms with Gasteiger partial charge in [-0.25, -0.2) is 0 Å². The van der Waals surface area contributed by atoms with E-state index in [1.165, 1.54) is 0 Å². The first-order chi connectivity index (χ1) is 6.11. The van der Waals surface area contributed by atoms with Crippen LogP contribution in [0.5, 0.6) is 0 Å². The van der Waals surface area contributed by atoms with Crippen LogP contribution in [0.25, 0.3) is 0 Å². The number of aliphatic carboxylic acids is 1. The Morgan fingerprint density at radius 1 is 1.77 bits per heavy atom. The van der Waals surface area contributed by atoms with E-state index in [2.05, 4.69) is 0 Å². The monoisotopic (exact) mass is 201 g/mol. The maximum atomic E-state index is 11.2. The first-order valence-electron chi connectivity index (χ1n) is 3.82. The van der Waals surface area contributed by atoms with Gasteiger partial charge >= 0.3 is 5.97 Å². The fourth-order valence-electron chi connectivity index (χ4n) is 0.911. The van der Waals surface area contributed by atoms with Gasteiger partial charge in [-0.15, -0.1) is 10.5 Å². The summed E-state index contributed by atoms with van der Waals surface area (Å²) in [6.07, 6.45) is 3.95. The minimum atomic E-state index is -1.05. The van der Waals surface area contributed by atoms with E-state index >= 15 is 0 Å². The molecular formula is C8H11NO3S. The number of rotatable bonds is 3. The minimum absolute atomic E-state index is 0.0687. The van der Waals surface area contributed by atoms with E-state index in [1.807, 2.05) is 0 Å². The smallest absolute Gasteiger partial charge is 0.321 e. The van der Waals surface area contributed by atoms with Gasteiger partial charge in [0.05, 0.1) is 0 Å². The molecule has 1 aliphatic rings. The Hall–Kier alpha value is -0.940. The summed E-state index contributed by atoms with van der Waals surface area (Å²) in [7, 11) is -0.597. The molecular weight excluding hydrogens is 190 g/mol. The molecule has 0 aromatic heterocycles. The maximum Gasteiger partial charge on any atom is 0.321 e. The van der Waals surface area contributed by atoms with E-state index < -0.39 is 22.5 Å². The lowest BCUT2D eigenvalue weighted by molar-refractivity contribution is -0.137. The van der Waals surface area contributed by atoms with Gasteiger partial charge in [-0.1, -0.05) is 12.2 Å². The van der Waals surface area contributed by atoms with Gasteiger partial charge in [0.15, 0.2) is 5.12 Å². The van der Waals surface area contributed by atoms with Gasteiger partial charge in [0.1, 0.15) is 6.04 Å². The molecule has 1 rings (SSSR count). The van der Waals surface area contributed by atoms with Crippen molar-refractivity contribution in [2.45, 2.75) is 12.5 Å². The van der Waals surface area contributed by atoms with Crippen molar-refractivity contribution in [3.8, 4) is 0 Å². The zero-order valence-corrected chi connectivity index (χ0v) is 7.79. The van der Waals surface area contributed by atoms with Crippen molar-refractivity contribution in [2.75, 3.05) is 5.75 Å². The zero-order valence-electron chi connectivity index (χ0n) is 6.97. The van der Waals surface area contributed by atoms with Crippen molar-refractivity contribution >= 4 is 26.9 Å². The Morgan fingerprint density at radius 3 is 3.00 bits per heavy atom. The molecule has 72 valence electrons. The van der Waals surface area contributed by atoms with E-state index in [0.29, 0.717) is 6.42 Å². The summed E-state index contributed by atoms with van der Waals surface area (Å²) in [4.78, 5) is 21.6. The number of carboxylic acid groups (broad SMARTS) is 1. The van der Waals surface area contributed by atoms with Crippen LogP contribution in [0.15, 0.2) is 12.2 Å². The quantitative estimate of drug-likeness (QED) is 0.628. The molecule has 2 atom stereocenters. The highest BCUT2D eigenvalue weighted by molar-refractivity contribution is 8.27. The van der Waals surface area contributed by atoms with E-state index in [9.17, 15) is 9.59 Å². The van der Waals surface area contributed by atoms with Gasteiger partial charge in [-0.3, -0.25) is 9.59 Å². The molecule has 0 saturated heterocycles. The fraction of sp³-hybridized carbons (Fsp3) is 0.375. The highest BCUT2D eigenvalue weighted by Crippen LogP contribution is 2.19. The molecule has 0 spiro atoms. The second-order valence-electron chi connectivity index (χ2n) is 2.68. The molecule has 5 heteroatoms. The van der Waals surface area contributed by atoms with Crippen LogP contribution < -0.4 is 5.73 Å². The number of carboxylic acids is 1. The van der Waals surface area contributed by atoms with Crippen molar-refractivity contribution in [1.29, 1.82) is 0 Å². The Balaban J connectivity index is 2.62. The van der Waals surface area contributed by atoms with E-state index in [1.54, 1.807) is 17.5 Å². The molecule has 1 aliphatic heterocycles. The largest absolute Gasteiger partial charge is 0.480 e. The first-order valence-corrected chi connectivity index (χ1v) is 5.28. The van der Waals surface area contributed by atoms with Crippen LogP contribution in [0.4, 0.5) is 0 Å². The van der Waals surface area contributed by atoms with Crippen LogP contribution >= 0.6 is 10.5 Å². The van der Waals surface area contributed by atoms with E-state index in [-0.39, 0.29) is 10.9 Å². The average molecular weight is 201 g/mol. The molecule has 0 saturated carbocycles. The van der Waals surface area contributed by atoms with Gasteiger partial charge in [-0.2, -0.15) is 0 Å². The van der Waals surface area contributed by atoms with Crippen molar-refractivity contribution < 1.29 is 14.7 Å². The summed E-state index contributed by atoms with van der Waals surface area (Å²) >= 11 is 0. The lowest BCUT2D eigenvalue weighted by atomic mass is 10.4. The van der Waals surface area contributed by atoms with Gasteiger partial charge in [0, 0.05) is 12.2 Å². The molecule has 3 N–H and O–H groups in total. The molecule has 0 aromatic rings. The van der Waals surface area contributed by atoms with Crippen LogP contribution in [-0.4, -0.2) is 33.4 Å². The molecule has 4 nitrogen and oxygen atoms in total. The van der Waals surface area contributed by atoms with Crippen molar-refractivity contribution in [3.63, 3.8) is 0 Å². The van der Waals surface area contributed by atoms with Crippen molar-refractivity contribution in [3.05, 3.63) is 12.2 Å². The summed E-state index contributed by atoms with van der Waals surface area (Å²) < 4.78 is 0. The second kappa shape index (κ2) is 4.34. The standard InChI is InChI=1S/C8H11NO3S/c9-6(8(11)12)5-13-4-2-1-3-7(13)10/h1-2,4,6H,3,5,9H2,(H,11,12). The van der Waals surface area contributed by atoms with Crippen molar-refractivity contribution in [1.82, 2.24) is 0 Å². The molecule has 0 amide bonds. The molecule has 0 fully saturated rings. The van der Waals surface area contributed by atoms with Gasteiger partial charge in [0.2, 0.25) is 0 Å². The molecule has 0 aromatic carbocycles. The number of nitrogens with two attached hydrogens (primary N) is 1.